The highest BCUT2D eigenvalue weighted by Gasteiger charge is 2.31. The molecule has 0 fully saturated rings. The Hall–Kier alpha value is -3.75. The van der Waals surface area contributed by atoms with Crippen LogP contribution in [0.1, 0.15) is 25.3 Å². The van der Waals surface area contributed by atoms with Gasteiger partial charge in [0.25, 0.3) is 0 Å². The predicted octanol–water partition coefficient (Wildman–Crippen LogP) is -2.96. The van der Waals surface area contributed by atoms with E-state index in [9.17, 15) is 44.4 Å². The number of carboxylic acids is 2. The number of carboxylic acid groups (broad SMARTS) is 2. The van der Waals surface area contributed by atoms with Crippen LogP contribution in [0, 0.1) is 0 Å². The Bertz CT molecular complexity index is 906. The number of rotatable bonds is 14. The Morgan fingerprint density at radius 1 is 0.886 bits per heavy atom. The molecule has 194 valence electrons. The average Bonchev–Trinajstić information content (AvgIpc) is 2.79. The Balaban J connectivity index is 3.00. The highest BCUT2D eigenvalue weighted by atomic mass is 16.4. The summed E-state index contributed by atoms with van der Waals surface area (Å²) in [4.78, 5) is 59.6. The quantitative estimate of drug-likeness (QED) is 0.125. The topological polar surface area (TPSA) is 249 Å². The number of aliphatic carboxylic acids is 2. The number of hydrogen-bond acceptors (Lipinski definition) is 9. The number of phenolic OH excluding ortho intramolecular Hbond substituents is 1. The minimum absolute atomic E-state index is 0.0391. The number of aliphatic hydroxyl groups is 2. The second kappa shape index (κ2) is 13.8. The molecule has 0 aromatic heterocycles. The highest BCUT2D eigenvalue weighted by molar-refractivity contribution is 5.94. The molecule has 0 saturated carbocycles. The normalized spacial score (nSPS) is 15.1. The minimum Gasteiger partial charge on any atom is -0.508 e. The van der Waals surface area contributed by atoms with Crippen LogP contribution in [0.5, 0.6) is 5.75 Å². The van der Waals surface area contributed by atoms with Gasteiger partial charge in [0.15, 0.2) is 0 Å². The summed E-state index contributed by atoms with van der Waals surface area (Å²) in [5.74, 6) is -5.72. The summed E-state index contributed by atoms with van der Waals surface area (Å²) in [5.41, 5.74) is 6.10. The monoisotopic (exact) mass is 498 g/mol. The van der Waals surface area contributed by atoms with Crippen LogP contribution < -0.4 is 21.7 Å². The van der Waals surface area contributed by atoms with Crippen LogP contribution in [0.4, 0.5) is 0 Å². The largest absolute Gasteiger partial charge is 0.508 e. The van der Waals surface area contributed by atoms with E-state index in [0.717, 1.165) is 0 Å². The molecule has 35 heavy (non-hydrogen) atoms. The number of nitrogens with two attached hydrogens (primary N) is 1. The average molecular weight is 498 g/mol. The van der Waals surface area contributed by atoms with E-state index in [0.29, 0.717) is 5.56 Å². The van der Waals surface area contributed by atoms with Crippen LogP contribution in [-0.2, 0) is 30.4 Å². The van der Waals surface area contributed by atoms with Crippen molar-refractivity contribution in [1.29, 1.82) is 0 Å². The third-order valence-corrected chi connectivity index (χ3v) is 4.91. The first-order valence-corrected chi connectivity index (χ1v) is 10.5. The fraction of sp³-hybridized carbons (Fsp3) is 0.476. The van der Waals surface area contributed by atoms with Crippen LogP contribution >= 0.6 is 0 Å². The summed E-state index contributed by atoms with van der Waals surface area (Å²) >= 11 is 0. The molecule has 5 unspecified atom stereocenters. The lowest BCUT2D eigenvalue weighted by Gasteiger charge is -2.25. The Kier molecular flexibility index (Phi) is 11.6. The second-order valence-electron chi connectivity index (χ2n) is 7.77. The highest BCUT2D eigenvalue weighted by Crippen LogP contribution is 2.12. The summed E-state index contributed by atoms with van der Waals surface area (Å²) in [7, 11) is 0. The van der Waals surface area contributed by atoms with Gasteiger partial charge in [-0.1, -0.05) is 12.1 Å². The van der Waals surface area contributed by atoms with Crippen molar-refractivity contribution in [3.63, 3.8) is 0 Å². The number of benzene rings is 1. The number of nitrogens with one attached hydrogen (secondary N) is 3. The van der Waals surface area contributed by atoms with Crippen molar-refractivity contribution < 1.29 is 49.5 Å². The van der Waals surface area contributed by atoms with E-state index < -0.39 is 79.4 Å². The van der Waals surface area contributed by atoms with Gasteiger partial charge in [-0.3, -0.25) is 19.2 Å². The van der Waals surface area contributed by atoms with Crippen LogP contribution in [0.2, 0.25) is 0 Å². The zero-order valence-corrected chi connectivity index (χ0v) is 18.9. The SMILES string of the molecule is CC(O)C(N)C(=O)NC(Cc1ccc(O)cc1)C(=O)NC(CO)C(=O)NC(CCC(=O)O)C(=O)O. The van der Waals surface area contributed by atoms with Crippen molar-refractivity contribution in [3.05, 3.63) is 29.8 Å². The van der Waals surface area contributed by atoms with Crippen molar-refractivity contribution in [3.8, 4) is 5.75 Å². The number of aliphatic hydroxyl groups excluding tert-OH is 2. The van der Waals surface area contributed by atoms with E-state index in [1.165, 1.54) is 31.2 Å². The Labute approximate surface area is 200 Å². The summed E-state index contributed by atoms with van der Waals surface area (Å²) < 4.78 is 0. The van der Waals surface area contributed by atoms with E-state index in [-0.39, 0.29) is 12.2 Å². The lowest BCUT2D eigenvalue weighted by molar-refractivity contribution is -0.143. The van der Waals surface area contributed by atoms with E-state index in [4.69, 9.17) is 10.8 Å². The van der Waals surface area contributed by atoms with Gasteiger partial charge in [-0.25, -0.2) is 4.79 Å². The molecular weight excluding hydrogens is 468 g/mol. The van der Waals surface area contributed by atoms with Crippen LogP contribution in [-0.4, -0.2) is 92.1 Å². The molecule has 14 nitrogen and oxygen atoms in total. The number of carbonyl (C=O) groups excluding carboxylic acids is 3. The molecule has 0 aliphatic rings. The molecule has 3 amide bonds. The van der Waals surface area contributed by atoms with Crippen LogP contribution in [0.15, 0.2) is 24.3 Å². The molecule has 14 heteroatoms. The van der Waals surface area contributed by atoms with Crippen molar-refractivity contribution in [2.24, 2.45) is 5.73 Å². The van der Waals surface area contributed by atoms with Crippen molar-refractivity contribution in [2.45, 2.75) is 56.5 Å². The van der Waals surface area contributed by atoms with Gasteiger partial charge in [-0.2, -0.15) is 0 Å². The first kappa shape index (κ1) is 29.3. The summed E-state index contributed by atoms with van der Waals surface area (Å²) in [5, 5.41) is 53.1. The Morgan fingerprint density at radius 2 is 1.40 bits per heavy atom. The molecule has 0 spiro atoms. The molecule has 0 aliphatic heterocycles. The molecule has 0 bridgehead atoms. The van der Waals surface area contributed by atoms with Gasteiger partial charge in [0.2, 0.25) is 17.7 Å². The maximum absolute atomic E-state index is 12.9. The lowest BCUT2D eigenvalue weighted by atomic mass is 10.0. The second-order valence-corrected chi connectivity index (χ2v) is 7.77. The molecule has 1 aromatic carbocycles. The predicted molar refractivity (Wildman–Crippen MR) is 119 cm³/mol. The van der Waals surface area contributed by atoms with Gasteiger partial charge in [0, 0.05) is 12.8 Å². The van der Waals surface area contributed by atoms with Gasteiger partial charge >= 0.3 is 11.9 Å². The molecule has 0 saturated heterocycles. The van der Waals surface area contributed by atoms with Gasteiger partial charge < -0.3 is 47.2 Å². The summed E-state index contributed by atoms with van der Waals surface area (Å²) in [6, 6.07) is -0.255. The fourth-order valence-corrected chi connectivity index (χ4v) is 2.83. The maximum atomic E-state index is 12.9. The molecule has 0 heterocycles. The zero-order valence-electron chi connectivity index (χ0n) is 18.9. The molecule has 0 radical (unpaired) electrons. The van der Waals surface area contributed by atoms with E-state index in [1.54, 1.807) is 0 Å². The van der Waals surface area contributed by atoms with E-state index in [2.05, 4.69) is 16.0 Å². The molecule has 1 rings (SSSR count). The molecule has 0 aliphatic carbocycles. The Morgan fingerprint density at radius 3 is 1.89 bits per heavy atom. The minimum atomic E-state index is -1.63. The number of phenols is 1. The number of aromatic hydroxyl groups is 1. The smallest absolute Gasteiger partial charge is 0.326 e. The van der Waals surface area contributed by atoms with Gasteiger partial charge in [-0.05, 0) is 31.0 Å². The summed E-state index contributed by atoms with van der Waals surface area (Å²) in [6.45, 7) is 0.338. The molecular formula is C21H30N4O10. The first-order chi connectivity index (χ1) is 16.3. The van der Waals surface area contributed by atoms with Crippen molar-refractivity contribution in [2.75, 3.05) is 6.61 Å². The third-order valence-electron chi connectivity index (χ3n) is 4.91. The van der Waals surface area contributed by atoms with Gasteiger partial charge in [0.1, 0.15) is 29.9 Å². The zero-order chi connectivity index (χ0) is 26.7. The molecule has 10 N–H and O–H groups in total. The van der Waals surface area contributed by atoms with Gasteiger partial charge in [0.05, 0.1) is 12.7 Å². The lowest BCUT2D eigenvalue weighted by Crippen LogP contribution is -2.59. The number of amides is 3. The van der Waals surface area contributed by atoms with E-state index in [1.807, 2.05) is 0 Å². The van der Waals surface area contributed by atoms with Crippen LogP contribution in [0.25, 0.3) is 0 Å². The standard InChI is InChI=1S/C21H30N4O10/c1-10(27)17(22)20(33)24-14(8-11-2-4-12(28)5-3-11)18(31)25-15(9-26)19(32)23-13(21(34)35)6-7-16(29)30/h2-5,10,13-15,17,26-28H,6-9,22H2,1H3,(H,23,32)(H,24,33)(H,25,31)(H,29,30)(H,34,35). The third kappa shape index (κ3) is 9.95. The van der Waals surface area contributed by atoms with E-state index >= 15 is 0 Å². The van der Waals surface area contributed by atoms with Gasteiger partial charge in [-0.15, -0.1) is 0 Å². The number of hydrogen-bond donors (Lipinski definition) is 9. The first-order valence-electron chi connectivity index (χ1n) is 10.5. The molecule has 5 atom stereocenters. The van der Waals surface area contributed by atoms with Crippen LogP contribution in [0.3, 0.4) is 0 Å². The fourth-order valence-electron chi connectivity index (χ4n) is 2.83. The summed E-state index contributed by atoms with van der Waals surface area (Å²) in [6.07, 6.45) is -2.33. The van der Waals surface area contributed by atoms with Crippen molar-refractivity contribution >= 4 is 29.7 Å². The molecule has 1 aromatic rings. The van der Waals surface area contributed by atoms with Crippen molar-refractivity contribution in [1.82, 2.24) is 16.0 Å². The number of carbonyl (C=O) groups is 5. The maximum Gasteiger partial charge on any atom is 0.326 e.